The highest BCUT2D eigenvalue weighted by Crippen LogP contribution is 2.47. The molecule has 2 aliphatic rings. The number of likely N-dealkylation sites (tertiary alicyclic amines) is 1. The van der Waals surface area contributed by atoms with Gasteiger partial charge in [0.05, 0.1) is 0 Å². The molecule has 1 saturated heterocycles. The molecule has 1 unspecified atom stereocenters. The van der Waals surface area contributed by atoms with Crippen LogP contribution in [0.1, 0.15) is 37.7 Å². The number of aliphatic imine (C=N–C) groups is 1. The minimum absolute atomic E-state index is 0. The van der Waals surface area contributed by atoms with E-state index >= 15 is 0 Å². The van der Waals surface area contributed by atoms with Gasteiger partial charge in [0.15, 0.2) is 5.96 Å². The van der Waals surface area contributed by atoms with Crippen LogP contribution in [0.2, 0.25) is 0 Å². The predicted octanol–water partition coefficient (Wildman–Crippen LogP) is 2.64. The van der Waals surface area contributed by atoms with Crippen molar-refractivity contribution in [2.24, 2.45) is 16.6 Å². The Hall–Kier alpha value is -1.38. The van der Waals surface area contributed by atoms with E-state index in [1.165, 1.54) is 17.7 Å². The number of carbonyl (C=O) groups excluding carboxylic acids is 1. The highest BCUT2D eigenvalue weighted by molar-refractivity contribution is 14.0. The van der Waals surface area contributed by atoms with Gasteiger partial charge in [-0.2, -0.15) is 0 Å². The molecule has 144 valence electrons. The van der Waals surface area contributed by atoms with E-state index in [1.54, 1.807) is 7.05 Å². The SMILES string of the molecule is CN=C(NCC1(c2ccc(F)cc2)CC1)N1CCCC(CC(N)=O)C1.I. The lowest BCUT2D eigenvalue weighted by atomic mass is 9.94. The van der Waals surface area contributed by atoms with Crippen molar-refractivity contribution in [3.63, 3.8) is 0 Å². The normalized spacial score (nSPS) is 21.7. The van der Waals surface area contributed by atoms with Crippen molar-refractivity contribution in [2.45, 2.75) is 37.5 Å². The van der Waals surface area contributed by atoms with E-state index in [0.717, 1.165) is 51.3 Å². The standard InChI is InChI=1S/C19H27FN4O.HI/c1-22-18(24-10-2-3-14(12-24)11-17(21)25)23-13-19(8-9-19)15-4-6-16(20)7-5-15;/h4-7,14H,2-3,8-13H2,1H3,(H2,21,25)(H,22,23);1H. The summed E-state index contributed by atoms with van der Waals surface area (Å²) in [5.74, 6) is 0.750. The first-order valence-electron chi connectivity index (χ1n) is 9.02. The summed E-state index contributed by atoms with van der Waals surface area (Å²) in [6.07, 6.45) is 4.73. The summed E-state index contributed by atoms with van der Waals surface area (Å²) in [5.41, 5.74) is 6.62. The lowest BCUT2D eigenvalue weighted by Gasteiger charge is -2.35. The fourth-order valence-corrected chi connectivity index (χ4v) is 3.81. The first kappa shape index (κ1) is 20.9. The Morgan fingerprint density at radius 1 is 1.38 bits per heavy atom. The zero-order valence-corrected chi connectivity index (χ0v) is 17.5. The van der Waals surface area contributed by atoms with Crippen LogP contribution in [-0.2, 0) is 10.2 Å². The van der Waals surface area contributed by atoms with Gasteiger partial charge in [-0.15, -0.1) is 24.0 Å². The maximum absolute atomic E-state index is 13.2. The number of guanidine groups is 1. The van der Waals surface area contributed by atoms with Crippen molar-refractivity contribution in [3.8, 4) is 0 Å². The Kier molecular flexibility index (Phi) is 7.25. The molecule has 1 aliphatic heterocycles. The summed E-state index contributed by atoms with van der Waals surface area (Å²) in [6.45, 7) is 2.55. The van der Waals surface area contributed by atoms with Gasteiger partial charge in [-0.3, -0.25) is 9.79 Å². The van der Waals surface area contributed by atoms with Crippen LogP contribution in [-0.4, -0.2) is 43.4 Å². The predicted molar refractivity (Wildman–Crippen MR) is 112 cm³/mol. The van der Waals surface area contributed by atoms with E-state index < -0.39 is 0 Å². The van der Waals surface area contributed by atoms with Crippen LogP contribution in [0, 0.1) is 11.7 Å². The highest BCUT2D eigenvalue weighted by atomic mass is 127. The fourth-order valence-electron chi connectivity index (χ4n) is 3.81. The third-order valence-electron chi connectivity index (χ3n) is 5.42. The second kappa shape index (κ2) is 9.01. The van der Waals surface area contributed by atoms with Crippen LogP contribution in [0.3, 0.4) is 0 Å². The Morgan fingerprint density at radius 2 is 2.08 bits per heavy atom. The summed E-state index contributed by atoms with van der Waals surface area (Å²) in [7, 11) is 1.79. The molecule has 2 fully saturated rings. The number of rotatable bonds is 5. The molecule has 0 aromatic heterocycles. The van der Waals surface area contributed by atoms with Gasteiger partial charge in [-0.05, 0) is 49.3 Å². The zero-order chi connectivity index (χ0) is 17.9. The van der Waals surface area contributed by atoms with E-state index in [4.69, 9.17) is 5.73 Å². The molecule has 0 bridgehead atoms. The van der Waals surface area contributed by atoms with Gasteiger partial charge >= 0.3 is 0 Å². The number of carbonyl (C=O) groups is 1. The number of hydrogen-bond acceptors (Lipinski definition) is 2. The van der Waals surface area contributed by atoms with Crippen LogP contribution in [0.15, 0.2) is 29.3 Å². The number of amides is 1. The smallest absolute Gasteiger partial charge is 0.217 e. The van der Waals surface area contributed by atoms with Gasteiger partial charge in [-0.1, -0.05) is 12.1 Å². The number of primary amides is 1. The maximum Gasteiger partial charge on any atom is 0.217 e. The minimum Gasteiger partial charge on any atom is -0.370 e. The van der Waals surface area contributed by atoms with E-state index in [0.29, 0.717) is 12.3 Å². The molecule has 0 radical (unpaired) electrons. The summed E-state index contributed by atoms with van der Waals surface area (Å²) >= 11 is 0. The van der Waals surface area contributed by atoms with Gasteiger partial charge in [0.1, 0.15) is 5.82 Å². The monoisotopic (exact) mass is 474 g/mol. The van der Waals surface area contributed by atoms with Crippen LogP contribution in [0.5, 0.6) is 0 Å². The van der Waals surface area contributed by atoms with Gasteiger partial charge in [0, 0.05) is 38.5 Å². The molecular formula is C19H28FIN4O. The van der Waals surface area contributed by atoms with Gasteiger partial charge < -0.3 is 16.0 Å². The molecule has 5 nitrogen and oxygen atoms in total. The van der Waals surface area contributed by atoms with Gasteiger partial charge in [0.2, 0.25) is 5.91 Å². The van der Waals surface area contributed by atoms with Crippen LogP contribution in [0.25, 0.3) is 0 Å². The number of nitrogens with two attached hydrogens (primary N) is 1. The average Bonchev–Trinajstić information content (AvgIpc) is 3.37. The lowest BCUT2D eigenvalue weighted by Crippen LogP contribution is -2.48. The molecule has 3 N–H and O–H groups in total. The summed E-state index contributed by atoms with van der Waals surface area (Å²) in [6, 6.07) is 6.83. The van der Waals surface area contributed by atoms with E-state index in [-0.39, 0.29) is 41.1 Å². The Bertz CT molecular complexity index is 645. The van der Waals surface area contributed by atoms with E-state index in [9.17, 15) is 9.18 Å². The number of nitrogens with zero attached hydrogens (tertiary/aromatic N) is 2. The second-order valence-electron chi connectivity index (χ2n) is 7.31. The van der Waals surface area contributed by atoms with Crippen molar-refractivity contribution < 1.29 is 9.18 Å². The summed E-state index contributed by atoms with van der Waals surface area (Å²) in [4.78, 5) is 17.8. The zero-order valence-electron chi connectivity index (χ0n) is 15.2. The molecule has 1 atom stereocenters. The van der Waals surface area contributed by atoms with Gasteiger partial charge in [0.25, 0.3) is 0 Å². The third-order valence-corrected chi connectivity index (χ3v) is 5.42. The molecule has 1 aromatic rings. The first-order chi connectivity index (χ1) is 12.0. The fraction of sp³-hybridized carbons (Fsp3) is 0.579. The molecule has 7 heteroatoms. The van der Waals surface area contributed by atoms with Crippen molar-refractivity contribution in [1.82, 2.24) is 10.2 Å². The summed E-state index contributed by atoms with van der Waals surface area (Å²) in [5, 5.41) is 3.49. The molecular weight excluding hydrogens is 446 g/mol. The van der Waals surface area contributed by atoms with Crippen molar-refractivity contribution in [1.29, 1.82) is 0 Å². The van der Waals surface area contributed by atoms with Crippen LogP contribution >= 0.6 is 24.0 Å². The second-order valence-corrected chi connectivity index (χ2v) is 7.31. The summed E-state index contributed by atoms with van der Waals surface area (Å²) < 4.78 is 13.2. The highest BCUT2D eigenvalue weighted by Gasteiger charge is 2.44. The molecule has 1 heterocycles. The molecule has 1 saturated carbocycles. The third kappa shape index (κ3) is 5.08. The Balaban J connectivity index is 0.00000243. The first-order valence-corrected chi connectivity index (χ1v) is 9.02. The Labute approximate surface area is 171 Å². The number of nitrogens with one attached hydrogen (secondary N) is 1. The molecule has 0 spiro atoms. The Morgan fingerprint density at radius 3 is 2.65 bits per heavy atom. The lowest BCUT2D eigenvalue weighted by molar-refractivity contribution is -0.119. The van der Waals surface area contributed by atoms with Crippen LogP contribution < -0.4 is 11.1 Å². The van der Waals surface area contributed by atoms with Crippen molar-refractivity contribution in [3.05, 3.63) is 35.6 Å². The minimum atomic E-state index is -0.233. The van der Waals surface area contributed by atoms with Crippen molar-refractivity contribution in [2.75, 3.05) is 26.7 Å². The molecule has 3 rings (SSSR count). The molecule has 1 aromatic carbocycles. The van der Waals surface area contributed by atoms with E-state index in [2.05, 4.69) is 15.2 Å². The molecule has 26 heavy (non-hydrogen) atoms. The number of piperidine rings is 1. The largest absolute Gasteiger partial charge is 0.370 e. The number of benzene rings is 1. The molecule has 1 amide bonds. The number of halogens is 2. The quantitative estimate of drug-likeness (QED) is 0.392. The average molecular weight is 474 g/mol. The van der Waals surface area contributed by atoms with Gasteiger partial charge in [-0.25, -0.2) is 4.39 Å². The number of hydrogen-bond donors (Lipinski definition) is 2. The molecule has 1 aliphatic carbocycles. The van der Waals surface area contributed by atoms with Crippen molar-refractivity contribution >= 4 is 35.8 Å². The van der Waals surface area contributed by atoms with E-state index in [1.807, 2.05) is 12.1 Å². The maximum atomic E-state index is 13.2. The topological polar surface area (TPSA) is 70.7 Å². The van der Waals surface area contributed by atoms with Crippen LogP contribution in [0.4, 0.5) is 4.39 Å².